The standard InChI is InChI=1S/C13H27NO/c1-10-7-11(2)9-13(8-10)14-12(3)5-4-6-15/h10-15H,4-9H2,1-3H3/t10-,11-,12-/m1/s1. The summed E-state index contributed by atoms with van der Waals surface area (Å²) in [5.74, 6) is 1.74. The quantitative estimate of drug-likeness (QED) is 0.735. The van der Waals surface area contributed by atoms with E-state index in [0.29, 0.717) is 18.7 Å². The van der Waals surface area contributed by atoms with Gasteiger partial charge < -0.3 is 10.4 Å². The fourth-order valence-corrected chi connectivity index (χ4v) is 2.97. The smallest absolute Gasteiger partial charge is 0.0431 e. The first-order valence-corrected chi connectivity index (χ1v) is 6.48. The molecule has 15 heavy (non-hydrogen) atoms. The van der Waals surface area contributed by atoms with E-state index in [-0.39, 0.29) is 0 Å². The molecular formula is C13H27NO. The summed E-state index contributed by atoms with van der Waals surface area (Å²) in [6, 6.07) is 1.26. The van der Waals surface area contributed by atoms with Gasteiger partial charge in [0.25, 0.3) is 0 Å². The van der Waals surface area contributed by atoms with Gasteiger partial charge in [-0.05, 0) is 50.9 Å². The van der Waals surface area contributed by atoms with Crippen LogP contribution < -0.4 is 5.32 Å². The zero-order chi connectivity index (χ0) is 11.3. The van der Waals surface area contributed by atoms with Crippen LogP contribution >= 0.6 is 0 Å². The fraction of sp³-hybridized carbons (Fsp3) is 1.00. The number of aliphatic hydroxyl groups excluding tert-OH is 1. The molecule has 90 valence electrons. The van der Waals surface area contributed by atoms with Crippen LogP contribution in [0, 0.1) is 11.8 Å². The maximum absolute atomic E-state index is 8.78. The highest BCUT2D eigenvalue weighted by atomic mass is 16.2. The highest BCUT2D eigenvalue weighted by Crippen LogP contribution is 2.28. The van der Waals surface area contributed by atoms with Crippen molar-refractivity contribution in [2.45, 2.75) is 65.0 Å². The fourth-order valence-electron chi connectivity index (χ4n) is 2.97. The van der Waals surface area contributed by atoms with Gasteiger partial charge in [-0.25, -0.2) is 0 Å². The summed E-state index contributed by atoms with van der Waals surface area (Å²) in [6.07, 6.45) is 6.06. The molecule has 0 bridgehead atoms. The van der Waals surface area contributed by atoms with Gasteiger partial charge in [0.15, 0.2) is 0 Å². The van der Waals surface area contributed by atoms with Crippen LogP contribution in [0.25, 0.3) is 0 Å². The Balaban J connectivity index is 2.24. The Morgan fingerprint density at radius 2 is 1.80 bits per heavy atom. The minimum absolute atomic E-state index is 0.323. The van der Waals surface area contributed by atoms with Crippen LogP contribution in [0.1, 0.15) is 52.9 Å². The van der Waals surface area contributed by atoms with Crippen LogP contribution in [0.5, 0.6) is 0 Å². The first-order chi connectivity index (χ1) is 7.11. The molecule has 2 N–H and O–H groups in total. The summed E-state index contributed by atoms with van der Waals surface area (Å²) in [6.45, 7) is 7.29. The third kappa shape index (κ3) is 4.98. The molecule has 0 aromatic carbocycles. The van der Waals surface area contributed by atoms with Gasteiger partial charge in [-0.15, -0.1) is 0 Å². The van der Waals surface area contributed by atoms with Gasteiger partial charge in [0.1, 0.15) is 0 Å². The molecule has 0 aromatic rings. The van der Waals surface area contributed by atoms with Gasteiger partial charge in [-0.1, -0.05) is 13.8 Å². The average molecular weight is 213 g/mol. The largest absolute Gasteiger partial charge is 0.396 e. The molecule has 2 nitrogen and oxygen atoms in total. The predicted molar refractivity (Wildman–Crippen MR) is 64.9 cm³/mol. The Hall–Kier alpha value is -0.0800. The lowest BCUT2D eigenvalue weighted by molar-refractivity contribution is 0.219. The molecule has 0 amide bonds. The predicted octanol–water partition coefficient (Wildman–Crippen LogP) is 2.56. The minimum atomic E-state index is 0.323. The van der Waals surface area contributed by atoms with Crippen molar-refractivity contribution in [2.24, 2.45) is 11.8 Å². The van der Waals surface area contributed by atoms with Gasteiger partial charge in [0.2, 0.25) is 0 Å². The van der Waals surface area contributed by atoms with Crippen molar-refractivity contribution >= 4 is 0 Å². The summed E-state index contributed by atoms with van der Waals surface area (Å²) in [5.41, 5.74) is 0. The molecule has 0 heterocycles. The highest BCUT2D eigenvalue weighted by molar-refractivity contribution is 4.81. The Morgan fingerprint density at radius 3 is 2.33 bits per heavy atom. The van der Waals surface area contributed by atoms with Crippen LogP contribution in [0.15, 0.2) is 0 Å². The van der Waals surface area contributed by atoms with Crippen LogP contribution in [-0.2, 0) is 0 Å². The summed E-state index contributed by atoms with van der Waals surface area (Å²) < 4.78 is 0. The number of rotatable bonds is 5. The molecule has 1 aliphatic rings. The second-order valence-electron chi connectivity index (χ2n) is 5.55. The Bertz CT molecular complexity index is 162. The normalized spacial score (nSPS) is 34.0. The zero-order valence-corrected chi connectivity index (χ0v) is 10.5. The average Bonchev–Trinajstić information content (AvgIpc) is 2.13. The van der Waals surface area contributed by atoms with Crippen molar-refractivity contribution in [2.75, 3.05) is 6.61 Å². The van der Waals surface area contributed by atoms with Crippen molar-refractivity contribution < 1.29 is 5.11 Å². The third-order valence-corrected chi connectivity index (χ3v) is 3.49. The molecule has 0 spiro atoms. The molecule has 2 heteroatoms. The number of hydrogen-bond donors (Lipinski definition) is 2. The SMILES string of the molecule is C[C@H]1CC(N[C@H](C)CCCO)C[C@H](C)C1. The molecule has 3 atom stereocenters. The highest BCUT2D eigenvalue weighted by Gasteiger charge is 2.24. The molecule has 1 saturated carbocycles. The second-order valence-corrected chi connectivity index (χ2v) is 5.55. The lowest BCUT2D eigenvalue weighted by atomic mass is 9.80. The third-order valence-electron chi connectivity index (χ3n) is 3.49. The van der Waals surface area contributed by atoms with E-state index < -0.39 is 0 Å². The van der Waals surface area contributed by atoms with E-state index in [1.807, 2.05) is 0 Å². The molecule has 0 aliphatic heterocycles. The lowest BCUT2D eigenvalue weighted by Gasteiger charge is -2.34. The van der Waals surface area contributed by atoms with Gasteiger partial charge >= 0.3 is 0 Å². The maximum Gasteiger partial charge on any atom is 0.0431 e. The van der Waals surface area contributed by atoms with Gasteiger partial charge in [0.05, 0.1) is 0 Å². The van der Waals surface area contributed by atoms with Crippen LogP contribution in [-0.4, -0.2) is 23.8 Å². The van der Waals surface area contributed by atoms with Crippen molar-refractivity contribution in [1.82, 2.24) is 5.32 Å². The van der Waals surface area contributed by atoms with Gasteiger partial charge in [0, 0.05) is 18.7 Å². The van der Waals surface area contributed by atoms with E-state index in [9.17, 15) is 0 Å². The molecule has 0 radical (unpaired) electrons. The van der Waals surface area contributed by atoms with Gasteiger partial charge in [-0.2, -0.15) is 0 Å². The Labute approximate surface area is 94.5 Å². The minimum Gasteiger partial charge on any atom is -0.396 e. The molecule has 0 unspecified atom stereocenters. The summed E-state index contributed by atoms with van der Waals surface area (Å²) >= 11 is 0. The monoisotopic (exact) mass is 213 g/mol. The number of hydrogen-bond acceptors (Lipinski definition) is 2. The van der Waals surface area contributed by atoms with E-state index in [1.54, 1.807) is 0 Å². The van der Waals surface area contributed by atoms with E-state index in [2.05, 4.69) is 26.1 Å². The first-order valence-electron chi connectivity index (χ1n) is 6.48. The van der Waals surface area contributed by atoms with Crippen molar-refractivity contribution in [3.63, 3.8) is 0 Å². The molecule has 1 aliphatic carbocycles. The number of nitrogens with one attached hydrogen (secondary N) is 1. The molecule has 0 saturated heterocycles. The van der Waals surface area contributed by atoms with E-state index >= 15 is 0 Å². The molecule has 1 fully saturated rings. The first kappa shape index (κ1) is 13.0. The van der Waals surface area contributed by atoms with E-state index in [0.717, 1.165) is 24.7 Å². The van der Waals surface area contributed by atoms with Crippen molar-refractivity contribution in [3.8, 4) is 0 Å². The molecule has 0 aromatic heterocycles. The zero-order valence-electron chi connectivity index (χ0n) is 10.5. The van der Waals surface area contributed by atoms with Crippen LogP contribution in [0.3, 0.4) is 0 Å². The number of aliphatic hydroxyl groups is 1. The maximum atomic E-state index is 8.78. The summed E-state index contributed by atoms with van der Waals surface area (Å²) in [5, 5.41) is 12.5. The van der Waals surface area contributed by atoms with E-state index in [1.165, 1.54) is 19.3 Å². The second kappa shape index (κ2) is 6.49. The topological polar surface area (TPSA) is 32.3 Å². The summed E-state index contributed by atoms with van der Waals surface area (Å²) in [7, 11) is 0. The summed E-state index contributed by atoms with van der Waals surface area (Å²) in [4.78, 5) is 0. The Kier molecular flexibility index (Phi) is 5.62. The molecule has 1 rings (SSSR count). The van der Waals surface area contributed by atoms with Crippen LogP contribution in [0.4, 0.5) is 0 Å². The van der Waals surface area contributed by atoms with Crippen LogP contribution in [0.2, 0.25) is 0 Å². The van der Waals surface area contributed by atoms with Gasteiger partial charge in [-0.3, -0.25) is 0 Å². The molecular weight excluding hydrogens is 186 g/mol. The van der Waals surface area contributed by atoms with E-state index in [4.69, 9.17) is 5.11 Å². The van der Waals surface area contributed by atoms with Crippen molar-refractivity contribution in [1.29, 1.82) is 0 Å². The van der Waals surface area contributed by atoms with Crippen molar-refractivity contribution in [3.05, 3.63) is 0 Å². The lowest BCUT2D eigenvalue weighted by Crippen LogP contribution is -2.41. The Morgan fingerprint density at radius 1 is 1.20 bits per heavy atom.